The van der Waals surface area contributed by atoms with E-state index in [1.54, 1.807) is 0 Å². The van der Waals surface area contributed by atoms with E-state index >= 15 is 0 Å². The number of aromatic nitrogens is 3. The molecule has 7 rings (SSSR count). The van der Waals surface area contributed by atoms with Gasteiger partial charge < -0.3 is 19.9 Å². The Morgan fingerprint density at radius 2 is 1.98 bits per heavy atom. The van der Waals surface area contributed by atoms with E-state index in [-0.39, 0.29) is 6.10 Å². The molecule has 2 aliphatic carbocycles. The molecule has 3 aromatic rings. The Hall–Kier alpha value is -3.90. The number of hydrogen-bond donors (Lipinski definition) is 1. The molecule has 2 fully saturated rings. The Morgan fingerprint density at radius 3 is 2.74 bits per heavy atom. The Morgan fingerprint density at radius 1 is 1.14 bits per heavy atom. The van der Waals surface area contributed by atoms with Crippen LogP contribution in [0.1, 0.15) is 79.9 Å². The van der Waals surface area contributed by atoms with Gasteiger partial charge in [-0.1, -0.05) is 23.4 Å². The van der Waals surface area contributed by atoms with Crippen LogP contribution < -0.4 is 15.4 Å². The summed E-state index contributed by atoms with van der Waals surface area (Å²) in [7, 11) is 2.17. The van der Waals surface area contributed by atoms with Crippen LogP contribution in [-0.2, 0) is 18.3 Å². The minimum atomic E-state index is -0.402. The van der Waals surface area contributed by atoms with Gasteiger partial charge in [-0.05, 0) is 95.5 Å². The molecule has 1 aromatic carbocycles. The van der Waals surface area contributed by atoms with Crippen molar-refractivity contribution >= 4 is 11.5 Å². The number of anilines is 2. The number of nitrogens with zero attached hydrogens (tertiary/aromatic N) is 6. The van der Waals surface area contributed by atoms with E-state index in [1.165, 1.54) is 17.6 Å². The molecule has 218 valence electrons. The molecule has 1 spiro atoms. The van der Waals surface area contributed by atoms with Gasteiger partial charge in [0.1, 0.15) is 18.0 Å². The molecule has 2 aliphatic heterocycles. The van der Waals surface area contributed by atoms with E-state index in [0.29, 0.717) is 34.7 Å². The van der Waals surface area contributed by atoms with Gasteiger partial charge in [0.25, 0.3) is 0 Å². The van der Waals surface area contributed by atoms with E-state index in [9.17, 15) is 5.26 Å². The van der Waals surface area contributed by atoms with Crippen molar-refractivity contribution in [1.29, 1.82) is 5.26 Å². The lowest BCUT2D eigenvalue weighted by atomic mass is 9.68. The maximum atomic E-state index is 10.1. The van der Waals surface area contributed by atoms with Crippen LogP contribution in [0.25, 0.3) is 11.5 Å². The highest BCUT2D eigenvalue weighted by Gasteiger charge is 2.49. The van der Waals surface area contributed by atoms with Crippen LogP contribution in [0.5, 0.6) is 5.88 Å². The summed E-state index contributed by atoms with van der Waals surface area (Å²) in [6, 6.07) is 8.65. The first-order valence-corrected chi connectivity index (χ1v) is 15.4. The summed E-state index contributed by atoms with van der Waals surface area (Å²) in [4.78, 5) is 14.7. The molecule has 42 heavy (non-hydrogen) atoms. The normalized spacial score (nSPS) is 24.5. The van der Waals surface area contributed by atoms with Gasteiger partial charge in [0.2, 0.25) is 5.88 Å². The summed E-state index contributed by atoms with van der Waals surface area (Å²) in [6.07, 6.45) is 8.64. The number of nitrogens with two attached hydrogens (primary N) is 1. The first kappa shape index (κ1) is 27.0. The number of hydrogen-bond acceptors (Lipinski definition) is 9. The molecule has 9 nitrogen and oxygen atoms in total. The molecule has 2 N–H and O–H groups in total. The van der Waals surface area contributed by atoms with Crippen LogP contribution in [-0.4, -0.2) is 58.9 Å². The van der Waals surface area contributed by atoms with Crippen molar-refractivity contribution in [2.45, 2.75) is 82.3 Å². The second-order valence-corrected chi connectivity index (χ2v) is 12.6. The number of aryl methyl sites for hydroxylation is 1. The Kier molecular flexibility index (Phi) is 6.69. The fraction of sp³-hybridized carbons (Fsp3) is 0.515. The average molecular weight is 566 g/mol. The lowest BCUT2D eigenvalue weighted by Gasteiger charge is -2.33. The monoisotopic (exact) mass is 565 g/mol. The predicted octanol–water partition coefficient (Wildman–Crippen LogP) is 5.17. The van der Waals surface area contributed by atoms with Gasteiger partial charge in [0.05, 0.1) is 11.0 Å². The van der Waals surface area contributed by atoms with Crippen molar-refractivity contribution < 1.29 is 9.26 Å². The van der Waals surface area contributed by atoms with Crippen LogP contribution in [0.4, 0.5) is 11.5 Å². The van der Waals surface area contributed by atoms with Crippen molar-refractivity contribution in [3.05, 3.63) is 58.4 Å². The van der Waals surface area contributed by atoms with Crippen molar-refractivity contribution in [1.82, 2.24) is 20.0 Å². The van der Waals surface area contributed by atoms with Gasteiger partial charge >= 0.3 is 0 Å². The second kappa shape index (κ2) is 10.4. The van der Waals surface area contributed by atoms with E-state index in [0.717, 1.165) is 93.7 Å². The quantitative estimate of drug-likeness (QED) is 0.330. The summed E-state index contributed by atoms with van der Waals surface area (Å²) in [5, 5.41) is 14.7. The number of nitriles is 1. The maximum absolute atomic E-state index is 10.1. The molecule has 4 heterocycles. The highest BCUT2D eigenvalue weighted by Crippen LogP contribution is 2.54. The van der Waals surface area contributed by atoms with Gasteiger partial charge in [-0.15, -0.1) is 0 Å². The van der Waals surface area contributed by atoms with Crippen molar-refractivity contribution in [2.24, 2.45) is 0 Å². The lowest BCUT2D eigenvalue weighted by Crippen LogP contribution is -2.38. The molecule has 4 aliphatic rings. The first-order chi connectivity index (χ1) is 20.4. The van der Waals surface area contributed by atoms with Crippen LogP contribution in [0.2, 0.25) is 0 Å². The predicted molar refractivity (Wildman–Crippen MR) is 161 cm³/mol. The molecule has 3 atom stereocenters. The van der Waals surface area contributed by atoms with Crippen molar-refractivity contribution in [3.8, 4) is 23.5 Å². The number of likely N-dealkylation sites (tertiary alicyclic amines) is 1. The molecule has 0 radical (unpaired) electrons. The fourth-order valence-corrected chi connectivity index (χ4v) is 7.85. The molecular formula is C33H39N7O2. The zero-order valence-electron chi connectivity index (χ0n) is 24.7. The van der Waals surface area contributed by atoms with Crippen molar-refractivity contribution in [3.63, 3.8) is 0 Å². The Bertz CT molecular complexity index is 1580. The maximum Gasteiger partial charge on any atom is 0.219 e. The molecule has 0 amide bonds. The molecule has 2 aromatic heterocycles. The highest BCUT2D eigenvalue weighted by molar-refractivity contribution is 5.68. The van der Waals surface area contributed by atoms with E-state index < -0.39 is 5.41 Å². The number of fused-ring (bicyclic) bond motifs is 4. The number of piperidine rings is 1. The van der Waals surface area contributed by atoms with Crippen LogP contribution in [0, 0.1) is 11.3 Å². The summed E-state index contributed by atoms with van der Waals surface area (Å²) >= 11 is 0. The topological polar surface area (TPSA) is 117 Å². The third-order valence-corrected chi connectivity index (χ3v) is 10.1. The van der Waals surface area contributed by atoms with E-state index in [2.05, 4.69) is 47.6 Å². The second-order valence-electron chi connectivity index (χ2n) is 12.6. The summed E-state index contributed by atoms with van der Waals surface area (Å²) < 4.78 is 12.8. The molecule has 0 saturated carbocycles. The van der Waals surface area contributed by atoms with Crippen molar-refractivity contribution in [2.75, 3.05) is 37.3 Å². The Labute approximate surface area is 247 Å². The summed E-state index contributed by atoms with van der Waals surface area (Å²) in [6.45, 7) is 9.14. The largest absolute Gasteiger partial charge is 0.473 e. The zero-order valence-corrected chi connectivity index (χ0v) is 24.7. The van der Waals surface area contributed by atoms with Gasteiger partial charge in [0, 0.05) is 36.4 Å². The number of benzene rings is 1. The summed E-state index contributed by atoms with van der Waals surface area (Å²) in [5.74, 6) is 2.80. The van der Waals surface area contributed by atoms with E-state index in [1.807, 2.05) is 12.1 Å². The van der Waals surface area contributed by atoms with Crippen LogP contribution in [0.15, 0.2) is 34.9 Å². The number of rotatable bonds is 5. The highest BCUT2D eigenvalue weighted by atomic mass is 16.5. The van der Waals surface area contributed by atoms with Crippen LogP contribution in [0.3, 0.4) is 0 Å². The van der Waals surface area contributed by atoms with Gasteiger partial charge in [-0.25, -0.2) is 4.98 Å². The number of nitrogen functional groups attached to an aromatic ring is 1. The third-order valence-electron chi connectivity index (χ3n) is 10.1. The Balaban J connectivity index is 1.30. The van der Waals surface area contributed by atoms with Gasteiger partial charge in [0.15, 0.2) is 17.3 Å². The third kappa shape index (κ3) is 4.35. The molecule has 2 saturated heterocycles. The average Bonchev–Trinajstić information content (AvgIpc) is 3.72. The van der Waals surface area contributed by atoms with Gasteiger partial charge in [-0.3, -0.25) is 4.90 Å². The fourth-order valence-electron chi connectivity index (χ4n) is 7.85. The number of likely N-dealkylation sites (N-methyl/N-ethyl adjacent to an activating group) is 1. The lowest BCUT2D eigenvalue weighted by molar-refractivity contribution is 0.117. The standard InChI is InChI=1S/C33H39N7O2/c1-20-11-16-40(17-12-20)27-18-28(41-21(2)26-7-5-15-39(26)3)37-32(36-27)30-23-6-4-13-33(31(23)42-38-30)14-10-22-8-9-25(35)24(19-34)29(22)33/h8-9,18,21,26H,1,4-7,10-17,35H2,2-3H3. The van der Waals surface area contributed by atoms with Crippen LogP contribution >= 0.6 is 0 Å². The molecule has 0 bridgehead atoms. The molecule has 9 heteroatoms. The first-order valence-electron chi connectivity index (χ1n) is 15.4. The zero-order chi connectivity index (χ0) is 29.0. The smallest absolute Gasteiger partial charge is 0.219 e. The van der Waals surface area contributed by atoms with Gasteiger partial charge in [-0.2, -0.15) is 10.2 Å². The minimum Gasteiger partial charge on any atom is -0.473 e. The minimum absolute atomic E-state index is 0.00595. The molecular weight excluding hydrogens is 526 g/mol. The SMILES string of the molecule is C=C1CCN(c2cc(OC(C)C3CCCN3C)nc(-c3noc4c3CCCC43CCc4ccc(N)c(C#N)c43)n2)CC1. The number of ether oxygens (including phenoxy) is 1. The summed E-state index contributed by atoms with van der Waals surface area (Å²) in [5.41, 5.74) is 12.2. The van der Waals surface area contributed by atoms with E-state index in [4.69, 9.17) is 25.0 Å². The molecule has 3 unspecified atom stereocenters.